The second kappa shape index (κ2) is 9.75. The minimum Gasteiger partial charge on any atom is -0.352 e. The van der Waals surface area contributed by atoms with Crippen molar-refractivity contribution >= 4 is 46.4 Å². The highest BCUT2D eigenvalue weighted by atomic mass is 35.5. The summed E-state index contributed by atoms with van der Waals surface area (Å²) in [4.78, 5) is 46.4. The maximum Gasteiger partial charge on any atom is 0.263 e. The van der Waals surface area contributed by atoms with E-state index in [-0.39, 0.29) is 35.4 Å². The molecule has 0 fully saturated rings. The molecule has 0 spiro atoms. The number of carbonyl (C=O) groups is 2. The largest absolute Gasteiger partial charge is 0.352 e. The number of carbonyl (C=O) groups excluding carboxylic acids is 2. The topological polar surface area (TPSA) is 93.9 Å². The number of nitrogens with zero attached hydrogens (tertiary/aromatic N) is 3. The summed E-state index contributed by atoms with van der Waals surface area (Å²) >= 11 is 12.5. The second-order valence-electron chi connectivity index (χ2n) is 8.01. The second-order valence-corrected chi connectivity index (χ2v) is 8.86. The number of aldehydes is 1. The molecule has 7 nitrogen and oxygen atoms in total. The van der Waals surface area contributed by atoms with Crippen molar-refractivity contribution in [2.24, 2.45) is 0 Å². The Bertz CT molecular complexity index is 1480. The first-order chi connectivity index (χ1) is 16.3. The molecular formula is C25H20Cl2N4O3. The van der Waals surface area contributed by atoms with Crippen LogP contribution in [0, 0.1) is 0 Å². The van der Waals surface area contributed by atoms with E-state index < -0.39 is 5.56 Å². The van der Waals surface area contributed by atoms with Crippen LogP contribution in [-0.2, 0) is 11.3 Å². The summed E-state index contributed by atoms with van der Waals surface area (Å²) in [7, 11) is 0. The van der Waals surface area contributed by atoms with E-state index in [0.29, 0.717) is 38.6 Å². The van der Waals surface area contributed by atoms with Gasteiger partial charge in [0.05, 0.1) is 5.39 Å². The first-order valence-corrected chi connectivity index (χ1v) is 11.2. The van der Waals surface area contributed by atoms with Gasteiger partial charge in [-0.25, -0.2) is 9.97 Å². The van der Waals surface area contributed by atoms with Crippen LogP contribution in [-0.4, -0.2) is 32.8 Å². The van der Waals surface area contributed by atoms with E-state index in [2.05, 4.69) is 15.3 Å². The van der Waals surface area contributed by atoms with Crippen LogP contribution in [0.15, 0.2) is 59.5 Å². The maximum absolute atomic E-state index is 13.6. The molecule has 34 heavy (non-hydrogen) atoms. The fraction of sp³-hybridized carbons (Fsp3) is 0.160. The fourth-order valence-corrected chi connectivity index (χ4v) is 4.01. The highest BCUT2D eigenvalue weighted by molar-refractivity contribution is 6.33. The van der Waals surface area contributed by atoms with Gasteiger partial charge in [-0.2, -0.15) is 0 Å². The molecule has 9 heteroatoms. The molecule has 0 atom stereocenters. The monoisotopic (exact) mass is 494 g/mol. The number of fused-ring (bicyclic) bond motifs is 1. The summed E-state index contributed by atoms with van der Waals surface area (Å²) in [6.45, 7) is 3.45. The van der Waals surface area contributed by atoms with E-state index in [9.17, 15) is 14.4 Å². The molecule has 0 bridgehead atoms. The Morgan fingerprint density at radius 1 is 1.12 bits per heavy atom. The SMILES string of the molecule is CC(C)NC(=O)Cn1c(-c2cccc(Cl)c2)nc2ncc(-c3cc(C=O)ccc3Cl)cc2c1=O. The van der Waals surface area contributed by atoms with Crippen molar-refractivity contribution in [3.05, 3.63) is 80.7 Å². The number of aromatic nitrogens is 3. The van der Waals surface area contributed by atoms with Gasteiger partial charge in [0, 0.05) is 44.5 Å². The van der Waals surface area contributed by atoms with Crippen LogP contribution in [0.25, 0.3) is 33.5 Å². The Kier molecular flexibility index (Phi) is 6.77. The zero-order valence-corrected chi connectivity index (χ0v) is 19.9. The number of benzene rings is 2. The van der Waals surface area contributed by atoms with E-state index in [1.807, 2.05) is 13.8 Å². The third kappa shape index (κ3) is 4.85. The van der Waals surface area contributed by atoms with Gasteiger partial charge in [-0.15, -0.1) is 0 Å². The molecule has 2 aromatic carbocycles. The third-order valence-corrected chi connectivity index (χ3v) is 5.65. The number of hydrogen-bond donors (Lipinski definition) is 1. The Labute approximate surface area is 205 Å². The lowest BCUT2D eigenvalue weighted by Gasteiger charge is -2.15. The normalized spacial score (nSPS) is 11.1. The highest BCUT2D eigenvalue weighted by Gasteiger charge is 2.18. The maximum atomic E-state index is 13.6. The average molecular weight is 495 g/mol. The van der Waals surface area contributed by atoms with Gasteiger partial charge in [-0.05, 0) is 44.2 Å². The number of hydrogen-bond acceptors (Lipinski definition) is 5. The van der Waals surface area contributed by atoms with Crippen molar-refractivity contribution in [3.8, 4) is 22.5 Å². The molecule has 2 heterocycles. The van der Waals surface area contributed by atoms with Gasteiger partial charge < -0.3 is 5.32 Å². The first kappa shape index (κ1) is 23.6. The number of pyridine rings is 1. The van der Waals surface area contributed by atoms with Crippen molar-refractivity contribution in [2.75, 3.05) is 0 Å². The van der Waals surface area contributed by atoms with Gasteiger partial charge in [0.2, 0.25) is 5.91 Å². The molecule has 2 aromatic heterocycles. The minimum absolute atomic E-state index is 0.0910. The van der Waals surface area contributed by atoms with Gasteiger partial charge in [-0.3, -0.25) is 19.0 Å². The Hall–Kier alpha value is -3.55. The van der Waals surface area contributed by atoms with E-state index in [0.717, 1.165) is 0 Å². The predicted octanol–water partition coefficient (Wildman–Crippen LogP) is 4.77. The van der Waals surface area contributed by atoms with Crippen LogP contribution >= 0.6 is 23.2 Å². The van der Waals surface area contributed by atoms with Gasteiger partial charge in [0.1, 0.15) is 18.7 Å². The van der Waals surface area contributed by atoms with Crippen LogP contribution in [0.3, 0.4) is 0 Å². The lowest BCUT2D eigenvalue weighted by molar-refractivity contribution is -0.122. The molecule has 4 rings (SSSR count). The standard InChI is InChI=1S/C25H20Cl2N4O3/c1-14(2)29-22(33)12-31-24(16-4-3-5-18(26)9-16)30-23-20(25(31)34)10-17(11-28-23)19-8-15(13-32)6-7-21(19)27/h3-11,13-14H,12H2,1-2H3,(H,29,33). The minimum atomic E-state index is -0.434. The van der Waals surface area contributed by atoms with Crippen LogP contribution in [0.1, 0.15) is 24.2 Å². The third-order valence-electron chi connectivity index (χ3n) is 5.08. The van der Waals surface area contributed by atoms with Gasteiger partial charge in [-0.1, -0.05) is 41.4 Å². The molecule has 172 valence electrons. The Balaban J connectivity index is 1.94. The number of nitrogens with one attached hydrogen (secondary N) is 1. The Morgan fingerprint density at radius 3 is 2.62 bits per heavy atom. The van der Waals surface area contributed by atoms with Crippen molar-refractivity contribution in [2.45, 2.75) is 26.4 Å². The Morgan fingerprint density at radius 2 is 1.91 bits per heavy atom. The van der Waals surface area contributed by atoms with Crippen molar-refractivity contribution in [1.29, 1.82) is 0 Å². The summed E-state index contributed by atoms with van der Waals surface area (Å²) in [5.74, 6) is -0.0486. The quantitative estimate of drug-likeness (QED) is 0.389. The van der Waals surface area contributed by atoms with Crippen LogP contribution in [0.2, 0.25) is 10.0 Å². The summed E-state index contributed by atoms with van der Waals surface area (Å²) in [5, 5.41) is 3.89. The molecule has 0 aliphatic heterocycles. The smallest absolute Gasteiger partial charge is 0.263 e. The molecule has 0 aliphatic rings. The number of amides is 1. The number of halogens is 2. The summed E-state index contributed by atoms with van der Waals surface area (Å²) in [6.07, 6.45) is 2.26. The molecule has 1 N–H and O–H groups in total. The molecule has 0 radical (unpaired) electrons. The van der Waals surface area contributed by atoms with Crippen molar-refractivity contribution < 1.29 is 9.59 Å². The molecule has 0 saturated carbocycles. The average Bonchev–Trinajstić information content (AvgIpc) is 2.80. The van der Waals surface area contributed by atoms with E-state index in [1.54, 1.807) is 54.7 Å². The zero-order valence-electron chi connectivity index (χ0n) is 18.4. The van der Waals surface area contributed by atoms with E-state index in [1.165, 1.54) is 4.57 Å². The van der Waals surface area contributed by atoms with Gasteiger partial charge in [0.15, 0.2) is 5.65 Å². The van der Waals surface area contributed by atoms with Crippen molar-refractivity contribution in [1.82, 2.24) is 19.9 Å². The molecular weight excluding hydrogens is 475 g/mol. The van der Waals surface area contributed by atoms with Crippen LogP contribution in [0.5, 0.6) is 0 Å². The first-order valence-electron chi connectivity index (χ1n) is 10.5. The highest BCUT2D eigenvalue weighted by Crippen LogP contribution is 2.30. The predicted molar refractivity (Wildman–Crippen MR) is 133 cm³/mol. The van der Waals surface area contributed by atoms with Crippen LogP contribution < -0.4 is 10.9 Å². The lowest BCUT2D eigenvalue weighted by atomic mass is 10.0. The van der Waals surface area contributed by atoms with Crippen molar-refractivity contribution in [3.63, 3.8) is 0 Å². The summed E-state index contributed by atoms with van der Waals surface area (Å²) in [6, 6.07) is 13.2. The summed E-state index contributed by atoms with van der Waals surface area (Å²) < 4.78 is 1.31. The van der Waals surface area contributed by atoms with E-state index >= 15 is 0 Å². The zero-order chi connectivity index (χ0) is 24.4. The molecule has 0 unspecified atom stereocenters. The number of rotatable bonds is 6. The van der Waals surface area contributed by atoms with Gasteiger partial charge >= 0.3 is 0 Å². The van der Waals surface area contributed by atoms with E-state index in [4.69, 9.17) is 23.2 Å². The molecule has 1 amide bonds. The molecule has 4 aromatic rings. The van der Waals surface area contributed by atoms with Gasteiger partial charge in [0.25, 0.3) is 5.56 Å². The molecule has 0 aliphatic carbocycles. The molecule has 0 saturated heterocycles. The van der Waals surface area contributed by atoms with Crippen LogP contribution in [0.4, 0.5) is 0 Å². The lowest BCUT2D eigenvalue weighted by Crippen LogP contribution is -2.37. The fourth-order valence-electron chi connectivity index (χ4n) is 3.60. The summed E-state index contributed by atoms with van der Waals surface area (Å²) in [5.41, 5.74) is 1.91.